The Labute approximate surface area is 611 Å². The van der Waals surface area contributed by atoms with Crippen LogP contribution in [0.4, 0.5) is 0 Å². The molecule has 16 aromatic carbocycles. The van der Waals surface area contributed by atoms with E-state index in [1.54, 1.807) is 0 Å². The molecule has 7 heteroatoms. The van der Waals surface area contributed by atoms with Crippen molar-refractivity contribution in [3.05, 3.63) is 382 Å². The first-order chi connectivity index (χ1) is 52.5. The maximum atomic E-state index is 5.43. The van der Waals surface area contributed by atoms with E-state index in [1.165, 1.54) is 65.2 Å². The molecule has 0 spiro atoms. The molecule has 0 fully saturated rings. The molecule has 494 valence electrons. The lowest BCUT2D eigenvalue weighted by molar-refractivity contribution is 1.07. The van der Waals surface area contributed by atoms with Gasteiger partial charge in [-0.25, -0.2) is 15.0 Å². The van der Waals surface area contributed by atoms with Crippen LogP contribution in [0.15, 0.2) is 382 Å². The molecule has 21 aromatic rings. The molecule has 106 heavy (non-hydrogen) atoms. The molecule has 0 N–H and O–H groups in total. The second-order valence-corrected chi connectivity index (χ2v) is 27.5. The summed E-state index contributed by atoms with van der Waals surface area (Å²) in [7, 11) is 0. The van der Waals surface area contributed by atoms with Crippen molar-refractivity contribution in [3.8, 4) is 113 Å². The molecule has 0 amide bonds. The van der Waals surface area contributed by atoms with Crippen LogP contribution in [-0.2, 0) is 0 Å². The van der Waals surface area contributed by atoms with Crippen LogP contribution in [0.3, 0.4) is 0 Å². The van der Waals surface area contributed by atoms with Crippen LogP contribution in [0.1, 0.15) is 0 Å². The van der Waals surface area contributed by atoms with Crippen LogP contribution in [0, 0.1) is 0 Å². The fourth-order valence-electron chi connectivity index (χ4n) is 16.4. The zero-order valence-electron chi connectivity index (χ0n) is 57.5. The van der Waals surface area contributed by atoms with E-state index >= 15 is 0 Å². The second-order valence-electron chi connectivity index (χ2n) is 27.5. The molecule has 0 radical (unpaired) electrons. The molecule has 5 aromatic heterocycles. The molecule has 0 aliphatic heterocycles. The molecule has 7 nitrogen and oxygen atoms in total. The van der Waals surface area contributed by atoms with Crippen molar-refractivity contribution in [2.45, 2.75) is 0 Å². The first-order valence-corrected chi connectivity index (χ1v) is 36.1. The molecule has 0 unspecified atom stereocenters. The van der Waals surface area contributed by atoms with Gasteiger partial charge >= 0.3 is 0 Å². The van der Waals surface area contributed by atoms with Gasteiger partial charge < -0.3 is 18.3 Å². The van der Waals surface area contributed by atoms with Crippen molar-refractivity contribution in [1.82, 2.24) is 33.2 Å². The fraction of sp³-hybridized carbons (Fsp3) is 0. The van der Waals surface area contributed by atoms with Gasteiger partial charge in [0.25, 0.3) is 0 Å². The van der Waals surface area contributed by atoms with Crippen molar-refractivity contribution in [3.63, 3.8) is 0 Å². The number of benzene rings is 16. The molecule has 5 heterocycles. The monoisotopic (exact) mass is 1350 g/mol. The maximum absolute atomic E-state index is 5.43. The fourth-order valence-corrected chi connectivity index (χ4v) is 16.4. The summed E-state index contributed by atoms with van der Waals surface area (Å²) in [5.41, 5.74) is 27.6. The average molecular weight is 1350 g/mol. The van der Waals surface area contributed by atoms with Crippen LogP contribution in [-0.4, -0.2) is 33.2 Å². The van der Waals surface area contributed by atoms with Crippen LogP contribution < -0.4 is 0 Å². The average Bonchev–Trinajstić information content (AvgIpc) is 1.58. The molecule has 0 saturated carbocycles. The lowest BCUT2D eigenvalue weighted by atomic mass is 9.93. The Balaban J connectivity index is 0.680. The molecular weight excluding hydrogens is 1290 g/mol. The van der Waals surface area contributed by atoms with Gasteiger partial charge in [-0.1, -0.05) is 224 Å². The van der Waals surface area contributed by atoms with Crippen molar-refractivity contribution < 1.29 is 0 Å². The summed E-state index contributed by atoms with van der Waals surface area (Å²) in [5, 5.41) is 9.66. The number of aromatic nitrogens is 7. The largest absolute Gasteiger partial charge is 0.309 e. The number of para-hydroxylation sites is 6. The molecule has 0 aliphatic rings. The van der Waals surface area contributed by atoms with Crippen molar-refractivity contribution in [2.24, 2.45) is 0 Å². The highest BCUT2D eigenvalue weighted by Gasteiger charge is 2.22. The molecule has 21 rings (SSSR count). The Bertz CT molecular complexity index is 6630. The van der Waals surface area contributed by atoms with E-state index < -0.39 is 0 Å². The number of hydrogen-bond donors (Lipinski definition) is 0. The van der Waals surface area contributed by atoms with Crippen molar-refractivity contribution in [1.29, 1.82) is 0 Å². The predicted molar refractivity (Wildman–Crippen MR) is 441 cm³/mol. The Morgan fingerprint density at radius 1 is 0.132 bits per heavy atom. The zero-order chi connectivity index (χ0) is 69.8. The summed E-state index contributed by atoms with van der Waals surface area (Å²) >= 11 is 0. The summed E-state index contributed by atoms with van der Waals surface area (Å²) < 4.78 is 9.54. The smallest absolute Gasteiger partial charge is 0.164 e. The van der Waals surface area contributed by atoms with Gasteiger partial charge in [0.1, 0.15) is 0 Å². The molecule has 0 bridgehead atoms. The summed E-state index contributed by atoms with van der Waals surface area (Å²) in [4.78, 5) is 16.3. The van der Waals surface area contributed by atoms with Crippen LogP contribution in [0.2, 0.25) is 0 Å². The van der Waals surface area contributed by atoms with Gasteiger partial charge in [-0.2, -0.15) is 0 Å². The van der Waals surface area contributed by atoms with E-state index in [9.17, 15) is 0 Å². The highest BCUT2D eigenvalue weighted by atomic mass is 15.0. The predicted octanol–water partition coefficient (Wildman–Crippen LogP) is 25.6. The first-order valence-electron chi connectivity index (χ1n) is 36.1. The lowest BCUT2D eigenvalue weighted by Crippen LogP contribution is -2.01. The third-order valence-electron chi connectivity index (χ3n) is 21.4. The van der Waals surface area contributed by atoms with E-state index in [-0.39, 0.29) is 0 Å². The summed E-state index contributed by atoms with van der Waals surface area (Å²) in [6, 6.07) is 138. The van der Waals surface area contributed by atoms with Gasteiger partial charge in [0.15, 0.2) is 17.5 Å². The molecule has 0 saturated heterocycles. The van der Waals surface area contributed by atoms with Crippen LogP contribution in [0.5, 0.6) is 0 Å². The summed E-state index contributed by atoms with van der Waals surface area (Å²) in [5.74, 6) is 1.72. The topological polar surface area (TPSA) is 58.4 Å². The minimum absolute atomic E-state index is 0.574. The van der Waals surface area contributed by atoms with E-state index in [2.05, 4.69) is 400 Å². The Kier molecular flexibility index (Phi) is 14.1. The minimum atomic E-state index is 0.574. The van der Waals surface area contributed by atoms with Gasteiger partial charge in [-0.15, -0.1) is 0 Å². The van der Waals surface area contributed by atoms with Gasteiger partial charge in [0.2, 0.25) is 0 Å². The number of hydrogen-bond acceptors (Lipinski definition) is 3. The van der Waals surface area contributed by atoms with Crippen LogP contribution >= 0.6 is 0 Å². The Hall–Kier alpha value is -14.3. The second kappa shape index (κ2) is 24.8. The number of nitrogens with zero attached hydrogens (tertiary/aromatic N) is 7. The third-order valence-corrected chi connectivity index (χ3v) is 21.4. The molecular formula is C99H63N7. The van der Waals surface area contributed by atoms with E-state index in [1.807, 2.05) is 0 Å². The first kappa shape index (κ1) is 60.5. The van der Waals surface area contributed by atoms with E-state index in [0.29, 0.717) is 17.5 Å². The molecule has 0 aliphatic carbocycles. The van der Waals surface area contributed by atoms with Gasteiger partial charge in [-0.05, 0) is 213 Å². The quantitative estimate of drug-likeness (QED) is 0.122. The summed E-state index contributed by atoms with van der Waals surface area (Å²) in [6.45, 7) is 0. The third kappa shape index (κ3) is 10.2. The maximum Gasteiger partial charge on any atom is 0.164 e. The van der Waals surface area contributed by atoms with Gasteiger partial charge in [0.05, 0.1) is 44.1 Å². The normalized spacial score (nSPS) is 11.8. The highest BCUT2D eigenvalue weighted by molar-refractivity contribution is 6.15. The van der Waals surface area contributed by atoms with Gasteiger partial charge in [0, 0.05) is 82.5 Å². The zero-order valence-corrected chi connectivity index (χ0v) is 57.5. The Morgan fingerprint density at radius 3 is 0.802 bits per heavy atom. The van der Waals surface area contributed by atoms with Crippen molar-refractivity contribution in [2.75, 3.05) is 0 Å². The van der Waals surface area contributed by atoms with Crippen LogP contribution in [0.25, 0.3) is 200 Å². The Morgan fingerprint density at radius 2 is 0.387 bits per heavy atom. The van der Waals surface area contributed by atoms with E-state index in [0.717, 1.165) is 117 Å². The minimum Gasteiger partial charge on any atom is -0.309 e. The lowest BCUT2D eigenvalue weighted by Gasteiger charge is -2.13. The van der Waals surface area contributed by atoms with Gasteiger partial charge in [-0.3, -0.25) is 0 Å². The standard InChI is InChI=1S/C99H63N7/c1-5-22-64(23-6-1)74-57-75(65-24-7-2-8-25-65)59-76(58-74)68-26-21-27-73(56-68)99-101-97(66-40-48-79(49-41-66)105-89-36-17-13-32-81(89)85-52-44-71(62-95(85)105)69-46-54-93-87(60-69)83-34-15-19-38-91(83)103(93)77-28-9-3-10-29-77)100-98(102-99)67-42-50-80(51-43-67)106-90-37-18-14-33-82(90)86-53-45-72(63-96(86)106)70-47-55-94-88(61-70)84-35-16-20-39-92(84)104(94)78-30-11-4-12-31-78/h1-63H. The SMILES string of the molecule is c1ccc(-c2cc(-c3ccccc3)cc(-c3cccc(-c4nc(-c5ccc(-n6c7ccccc7c7ccc(-c8ccc9c(c8)c8ccccc8n9-c8ccccc8)cc76)cc5)nc(-c5ccc(-n6c7ccccc7c7ccc(-c8ccc9c(c8)c8ccccc8n9-c8ccccc8)cc76)cc5)n4)c3)c2)cc1. The number of rotatable bonds is 12. The number of fused-ring (bicyclic) bond motifs is 12. The van der Waals surface area contributed by atoms with Crippen molar-refractivity contribution >= 4 is 87.2 Å². The highest BCUT2D eigenvalue weighted by Crippen LogP contribution is 2.43. The van der Waals surface area contributed by atoms with E-state index in [4.69, 9.17) is 15.0 Å². The molecule has 0 atom stereocenters. The summed E-state index contributed by atoms with van der Waals surface area (Å²) in [6.07, 6.45) is 0.